The largest absolute Gasteiger partial charge is 0.488 e. The van der Waals surface area contributed by atoms with E-state index in [0.717, 1.165) is 41.8 Å². The van der Waals surface area contributed by atoms with E-state index >= 15 is 0 Å². The third kappa shape index (κ3) is 9.10. The van der Waals surface area contributed by atoms with Gasteiger partial charge in [0.1, 0.15) is 18.1 Å². The lowest BCUT2D eigenvalue weighted by Crippen LogP contribution is -2.33. The molecule has 0 radical (unpaired) electrons. The number of ether oxygens (including phenoxy) is 1. The lowest BCUT2D eigenvalue weighted by molar-refractivity contribution is -0.136. The lowest BCUT2D eigenvalue weighted by Gasteiger charge is -2.30. The van der Waals surface area contributed by atoms with Crippen LogP contribution in [0.25, 0.3) is 11.3 Å². The van der Waals surface area contributed by atoms with Crippen LogP contribution in [0.3, 0.4) is 0 Å². The Bertz CT molecular complexity index is 1110. The number of aliphatic hydroxyl groups excluding tert-OH is 1. The van der Waals surface area contributed by atoms with Crippen LogP contribution in [0, 0.1) is 11.3 Å². The molecule has 0 saturated heterocycles. The number of hydrogen-bond acceptors (Lipinski definition) is 5. The first-order valence-corrected chi connectivity index (χ1v) is 13.6. The minimum atomic E-state index is -0.891. The molecule has 2 aromatic rings. The molecule has 3 N–H and O–H groups in total. The second-order valence-electron chi connectivity index (χ2n) is 12.4. The van der Waals surface area contributed by atoms with Crippen molar-refractivity contribution in [3.8, 4) is 17.0 Å². The summed E-state index contributed by atoms with van der Waals surface area (Å²) in [5.41, 5.74) is 4.35. The van der Waals surface area contributed by atoms with Gasteiger partial charge in [-0.2, -0.15) is 0 Å². The van der Waals surface area contributed by atoms with Gasteiger partial charge >= 0.3 is 5.97 Å². The highest BCUT2D eigenvalue weighted by Gasteiger charge is 2.26. The molecule has 0 amide bonds. The van der Waals surface area contributed by atoms with Gasteiger partial charge in [0, 0.05) is 18.0 Å². The zero-order valence-corrected chi connectivity index (χ0v) is 23.7. The van der Waals surface area contributed by atoms with Crippen LogP contribution < -0.4 is 10.1 Å². The molecule has 1 aromatic heterocycles. The van der Waals surface area contributed by atoms with E-state index in [1.807, 2.05) is 24.3 Å². The maximum absolute atomic E-state index is 10.7. The maximum Gasteiger partial charge on any atom is 0.304 e. The molecular weight excluding hydrogens is 476 g/mol. The molecule has 6 nitrogen and oxygen atoms in total. The van der Waals surface area contributed by atoms with Crippen LogP contribution >= 0.6 is 0 Å². The van der Waals surface area contributed by atoms with Crippen LogP contribution in [0.4, 0.5) is 0 Å². The van der Waals surface area contributed by atoms with Gasteiger partial charge in [-0.15, -0.1) is 0 Å². The minimum Gasteiger partial charge on any atom is -0.488 e. The van der Waals surface area contributed by atoms with Gasteiger partial charge in [-0.1, -0.05) is 84.0 Å². The number of aromatic nitrogens is 1. The molecule has 1 aliphatic carbocycles. The van der Waals surface area contributed by atoms with Crippen molar-refractivity contribution in [1.29, 1.82) is 0 Å². The van der Waals surface area contributed by atoms with E-state index < -0.39 is 12.2 Å². The van der Waals surface area contributed by atoms with E-state index in [9.17, 15) is 9.90 Å². The molecule has 0 fully saturated rings. The predicted molar refractivity (Wildman–Crippen MR) is 153 cm³/mol. The van der Waals surface area contributed by atoms with Crippen LogP contribution in [0.15, 0.2) is 66.4 Å². The van der Waals surface area contributed by atoms with E-state index in [0.29, 0.717) is 0 Å². The van der Waals surface area contributed by atoms with Crippen molar-refractivity contribution in [3.05, 3.63) is 72.0 Å². The van der Waals surface area contributed by atoms with Crippen LogP contribution in [-0.2, 0) is 10.2 Å². The Morgan fingerprint density at radius 3 is 2.34 bits per heavy atom. The third-order valence-corrected chi connectivity index (χ3v) is 6.88. The number of carboxylic acids is 1. The van der Waals surface area contributed by atoms with Crippen LogP contribution in [0.5, 0.6) is 5.75 Å². The maximum atomic E-state index is 10.7. The second-order valence-corrected chi connectivity index (χ2v) is 12.4. The number of aliphatic carboxylic acids is 1. The number of carboxylic acid groups (broad SMARTS) is 1. The molecule has 206 valence electrons. The Kier molecular flexibility index (Phi) is 9.91. The summed E-state index contributed by atoms with van der Waals surface area (Å²) < 4.78 is 6.50. The number of aliphatic hydroxyl groups is 1. The molecule has 1 heterocycles. The fourth-order valence-electron chi connectivity index (χ4n) is 4.44. The standard InChI is InChI=1S/C32H44N2O4/c1-31(2,3)19-17-28(23-7-9-24(10-8-23)30(37)33-20-18-29(35)36)38-26-15-16-27(34-21-26)22-11-13-25(14-12-22)32(4,5)6/h7,9-16,21,23,28,30,33,37H,8,17-20H2,1-6H3,(H,35,36). The highest BCUT2D eigenvalue weighted by atomic mass is 16.5. The molecule has 3 unspecified atom stereocenters. The fraction of sp³-hybridized carbons (Fsp3) is 0.500. The molecule has 1 aliphatic rings. The number of nitrogens with one attached hydrogen (secondary N) is 1. The number of benzene rings is 1. The first-order valence-electron chi connectivity index (χ1n) is 13.6. The molecule has 0 saturated carbocycles. The topological polar surface area (TPSA) is 91.7 Å². The van der Waals surface area contributed by atoms with Crippen LogP contribution in [0.2, 0.25) is 0 Å². The van der Waals surface area contributed by atoms with Crippen molar-refractivity contribution in [2.24, 2.45) is 11.3 Å². The summed E-state index contributed by atoms with van der Waals surface area (Å²) in [4.78, 5) is 15.4. The fourth-order valence-corrected chi connectivity index (χ4v) is 4.44. The molecular formula is C32H44N2O4. The van der Waals surface area contributed by atoms with Gasteiger partial charge in [0.25, 0.3) is 0 Å². The Labute approximate surface area is 227 Å². The SMILES string of the molecule is CC(C)(C)CCC(Oc1ccc(-c2ccc(C(C)(C)C)cc2)nc1)C1C=CC(C(O)NCCC(=O)O)=CC1. The number of allylic oxidation sites excluding steroid dienone is 1. The van der Waals surface area contributed by atoms with Crippen LogP contribution in [0.1, 0.15) is 72.8 Å². The van der Waals surface area contributed by atoms with E-state index in [2.05, 4.69) is 82.2 Å². The Hall–Kier alpha value is -2.96. The smallest absolute Gasteiger partial charge is 0.304 e. The average molecular weight is 521 g/mol. The highest BCUT2D eigenvalue weighted by Crippen LogP contribution is 2.31. The highest BCUT2D eigenvalue weighted by molar-refractivity contribution is 5.66. The number of carbonyl (C=O) groups is 1. The Morgan fingerprint density at radius 1 is 1.11 bits per heavy atom. The monoisotopic (exact) mass is 520 g/mol. The van der Waals surface area contributed by atoms with Gasteiger partial charge in [0.15, 0.2) is 0 Å². The second kappa shape index (κ2) is 12.7. The number of hydrogen-bond donors (Lipinski definition) is 3. The minimum absolute atomic E-state index is 0.0286. The molecule has 38 heavy (non-hydrogen) atoms. The summed E-state index contributed by atoms with van der Waals surface area (Å²) in [5, 5.41) is 22.0. The summed E-state index contributed by atoms with van der Waals surface area (Å²) in [6.07, 6.45) is 9.56. The average Bonchev–Trinajstić information content (AvgIpc) is 2.86. The summed E-state index contributed by atoms with van der Waals surface area (Å²) in [7, 11) is 0. The van der Waals surface area contributed by atoms with E-state index in [-0.39, 0.29) is 35.8 Å². The van der Waals surface area contributed by atoms with Crippen molar-refractivity contribution >= 4 is 5.97 Å². The number of rotatable bonds is 11. The zero-order valence-electron chi connectivity index (χ0n) is 23.7. The van der Waals surface area contributed by atoms with Crippen molar-refractivity contribution in [3.63, 3.8) is 0 Å². The zero-order chi connectivity index (χ0) is 27.9. The van der Waals surface area contributed by atoms with E-state index in [4.69, 9.17) is 9.84 Å². The number of pyridine rings is 1. The predicted octanol–water partition coefficient (Wildman–Crippen LogP) is 6.51. The Balaban J connectivity index is 1.67. The van der Waals surface area contributed by atoms with Crippen molar-refractivity contribution in [2.45, 2.75) is 85.0 Å². The van der Waals surface area contributed by atoms with E-state index in [1.54, 1.807) is 6.20 Å². The first-order chi connectivity index (χ1) is 17.8. The molecule has 0 aliphatic heterocycles. The normalized spacial score (nSPS) is 17.6. The molecule has 3 rings (SSSR count). The number of nitrogens with zero attached hydrogens (tertiary/aromatic N) is 1. The molecule has 0 bridgehead atoms. The Morgan fingerprint density at radius 2 is 1.82 bits per heavy atom. The van der Waals surface area contributed by atoms with Crippen molar-refractivity contribution in [1.82, 2.24) is 10.3 Å². The van der Waals surface area contributed by atoms with Gasteiger partial charge in [-0.25, -0.2) is 0 Å². The summed E-state index contributed by atoms with van der Waals surface area (Å²) >= 11 is 0. The van der Waals surface area contributed by atoms with Gasteiger partial charge in [0.05, 0.1) is 18.3 Å². The lowest BCUT2D eigenvalue weighted by atomic mass is 9.84. The summed E-state index contributed by atoms with van der Waals surface area (Å²) in [6, 6.07) is 12.6. The molecule has 1 aromatic carbocycles. The third-order valence-electron chi connectivity index (χ3n) is 6.88. The van der Waals surface area contributed by atoms with Gasteiger partial charge < -0.3 is 14.9 Å². The summed E-state index contributed by atoms with van der Waals surface area (Å²) in [5.74, 6) is 0.0205. The molecule has 0 spiro atoms. The molecule has 3 atom stereocenters. The van der Waals surface area contributed by atoms with Crippen molar-refractivity contribution in [2.75, 3.05) is 6.54 Å². The van der Waals surface area contributed by atoms with Crippen LogP contribution in [-0.4, -0.2) is 40.0 Å². The first kappa shape index (κ1) is 29.6. The van der Waals surface area contributed by atoms with E-state index in [1.165, 1.54) is 5.56 Å². The van der Waals surface area contributed by atoms with Crippen molar-refractivity contribution < 1.29 is 19.7 Å². The quantitative estimate of drug-likeness (QED) is 0.293. The summed E-state index contributed by atoms with van der Waals surface area (Å²) in [6.45, 7) is 13.6. The van der Waals surface area contributed by atoms with Gasteiger partial charge in [-0.05, 0) is 53.4 Å². The van der Waals surface area contributed by atoms with Gasteiger partial charge in [0.2, 0.25) is 0 Å². The van der Waals surface area contributed by atoms with Gasteiger partial charge in [-0.3, -0.25) is 15.1 Å². The molecule has 6 heteroatoms.